The Morgan fingerprint density at radius 1 is 1.05 bits per heavy atom. The minimum atomic E-state index is -2.40. The van der Waals surface area contributed by atoms with Crippen LogP contribution in [0, 0.1) is 3.57 Å². The average molecular weight is 391 g/mol. The minimum absolute atomic E-state index is 0.566. The van der Waals surface area contributed by atoms with E-state index in [1.807, 2.05) is 36.4 Å². The van der Waals surface area contributed by atoms with Gasteiger partial charge in [0.25, 0.3) is 5.76 Å². The molecule has 2 rings (SSSR count). The Labute approximate surface area is 128 Å². The zero-order valence-electron chi connectivity index (χ0n) is 9.95. The zero-order chi connectivity index (χ0) is 13.7. The van der Waals surface area contributed by atoms with E-state index in [0.717, 1.165) is 11.3 Å². The fourth-order valence-electron chi connectivity index (χ4n) is 1.61. The quantitative estimate of drug-likeness (QED) is 0.554. The van der Waals surface area contributed by atoms with Gasteiger partial charge in [-0.25, -0.2) is 0 Å². The predicted octanol–water partition coefficient (Wildman–Crippen LogP) is 5.22. The van der Waals surface area contributed by atoms with Crippen molar-refractivity contribution >= 4 is 40.0 Å². The van der Waals surface area contributed by atoms with Gasteiger partial charge in [0.05, 0.1) is 0 Å². The van der Waals surface area contributed by atoms with Gasteiger partial charge in [-0.05, 0) is 52.4 Å². The molecule has 0 fully saturated rings. The molecule has 0 atom stereocenters. The van der Waals surface area contributed by atoms with Crippen molar-refractivity contribution in [3.63, 3.8) is 0 Å². The topological polar surface area (TPSA) is 12.0 Å². The van der Waals surface area contributed by atoms with Gasteiger partial charge < -0.3 is 5.32 Å². The average Bonchev–Trinajstić information content (AvgIpc) is 2.39. The molecule has 0 aliphatic rings. The van der Waals surface area contributed by atoms with Crippen molar-refractivity contribution in [2.24, 2.45) is 0 Å². The molecule has 0 aliphatic heterocycles. The van der Waals surface area contributed by atoms with Crippen LogP contribution in [0.1, 0.15) is 5.56 Å². The number of thioether (sulfide) groups is 1. The number of anilines is 1. The highest BCUT2D eigenvalue weighted by atomic mass is 127. The van der Waals surface area contributed by atoms with Gasteiger partial charge in [-0.15, -0.1) is 0 Å². The summed E-state index contributed by atoms with van der Waals surface area (Å²) >= 11 is 2.81. The fraction of sp³-hybridized carbons (Fsp3) is 0.143. The van der Waals surface area contributed by atoms with E-state index in [1.165, 1.54) is 3.57 Å². The second-order valence-electron chi connectivity index (χ2n) is 3.85. The fourth-order valence-corrected chi connectivity index (χ4v) is 2.59. The van der Waals surface area contributed by atoms with Crippen LogP contribution in [-0.4, -0.2) is 5.76 Å². The summed E-state index contributed by atoms with van der Waals surface area (Å²) in [6.07, 6.45) is 0. The minimum Gasteiger partial charge on any atom is -0.380 e. The lowest BCUT2D eigenvalue weighted by Crippen LogP contribution is -2.01. The Morgan fingerprint density at radius 2 is 1.74 bits per heavy atom. The van der Waals surface area contributed by atoms with Gasteiger partial charge in [-0.1, -0.05) is 36.0 Å². The van der Waals surface area contributed by atoms with Gasteiger partial charge in [-0.3, -0.25) is 0 Å². The maximum absolute atomic E-state index is 12.4. The first-order valence-corrected chi connectivity index (χ1v) is 7.63. The van der Waals surface area contributed by atoms with Gasteiger partial charge >= 0.3 is 0 Å². The summed E-state index contributed by atoms with van der Waals surface area (Å²) in [5, 5.41) is 3.20. The maximum atomic E-state index is 12.4. The molecule has 1 nitrogen and oxygen atoms in total. The first kappa shape index (κ1) is 14.6. The number of benzene rings is 2. The number of nitrogens with one attached hydrogen (secondary N) is 1. The van der Waals surface area contributed by atoms with E-state index in [2.05, 4.69) is 27.9 Å². The van der Waals surface area contributed by atoms with Crippen LogP contribution in [0.25, 0.3) is 0 Å². The van der Waals surface area contributed by atoms with Crippen molar-refractivity contribution in [3.05, 3.63) is 57.7 Å². The lowest BCUT2D eigenvalue weighted by molar-refractivity contribution is 0.252. The third kappa shape index (κ3) is 4.65. The zero-order valence-corrected chi connectivity index (χ0v) is 12.9. The van der Waals surface area contributed by atoms with E-state index in [9.17, 15) is 8.78 Å². The lowest BCUT2D eigenvalue weighted by Gasteiger charge is -2.11. The summed E-state index contributed by atoms with van der Waals surface area (Å²) in [4.78, 5) is 0.572. The highest BCUT2D eigenvalue weighted by molar-refractivity contribution is 14.1. The summed E-state index contributed by atoms with van der Waals surface area (Å²) in [5.74, 6) is -2.40. The molecule has 1 N–H and O–H groups in total. The highest BCUT2D eigenvalue weighted by Gasteiger charge is 2.09. The van der Waals surface area contributed by atoms with Crippen LogP contribution < -0.4 is 5.32 Å². The smallest absolute Gasteiger partial charge is 0.288 e. The summed E-state index contributed by atoms with van der Waals surface area (Å²) < 4.78 is 26.1. The molecule has 0 heterocycles. The molecule has 2 aromatic carbocycles. The molecule has 0 aromatic heterocycles. The van der Waals surface area contributed by atoms with Crippen LogP contribution in [0.3, 0.4) is 0 Å². The SMILES string of the molecule is FC(F)Sc1ccccc1NCc1ccc(I)cc1. The summed E-state index contributed by atoms with van der Waals surface area (Å²) in [6.45, 7) is 0.623. The second-order valence-corrected chi connectivity index (χ2v) is 6.13. The number of para-hydroxylation sites is 1. The second kappa shape index (κ2) is 7.09. The van der Waals surface area contributed by atoms with E-state index in [0.29, 0.717) is 23.2 Å². The van der Waals surface area contributed by atoms with Crippen LogP contribution >= 0.6 is 34.4 Å². The Hall–Kier alpha value is -0.820. The van der Waals surface area contributed by atoms with Crippen molar-refractivity contribution in [1.82, 2.24) is 0 Å². The van der Waals surface area contributed by atoms with Crippen molar-refractivity contribution in [3.8, 4) is 0 Å². The molecular weight excluding hydrogens is 379 g/mol. The molecule has 0 radical (unpaired) electrons. The van der Waals surface area contributed by atoms with E-state index in [-0.39, 0.29) is 0 Å². The molecule has 0 saturated carbocycles. The van der Waals surface area contributed by atoms with E-state index >= 15 is 0 Å². The van der Waals surface area contributed by atoms with E-state index < -0.39 is 5.76 Å². The molecular formula is C14H12F2INS. The van der Waals surface area contributed by atoms with Gasteiger partial charge in [0.15, 0.2) is 0 Å². The molecule has 100 valence electrons. The summed E-state index contributed by atoms with van der Waals surface area (Å²) in [5.41, 5.74) is 1.86. The Morgan fingerprint density at radius 3 is 2.42 bits per heavy atom. The van der Waals surface area contributed by atoms with Crippen molar-refractivity contribution in [1.29, 1.82) is 0 Å². The standard InChI is InChI=1S/C14H12F2INS/c15-14(16)19-13-4-2-1-3-12(13)18-9-10-5-7-11(17)8-6-10/h1-8,14,18H,9H2. The molecule has 0 spiro atoms. The van der Waals surface area contributed by atoms with Crippen LogP contribution in [0.2, 0.25) is 0 Å². The third-order valence-corrected chi connectivity index (χ3v) is 4.01. The molecule has 0 unspecified atom stereocenters. The van der Waals surface area contributed by atoms with Crippen molar-refractivity contribution in [2.75, 3.05) is 5.32 Å². The van der Waals surface area contributed by atoms with Gasteiger partial charge in [0.1, 0.15) is 0 Å². The number of hydrogen-bond acceptors (Lipinski definition) is 2. The number of rotatable bonds is 5. The first-order chi connectivity index (χ1) is 9.15. The van der Waals surface area contributed by atoms with Crippen LogP contribution in [0.5, 0.6) is 0 Å². The molecule has 0 bridgehead atoms. The Balaban J connectivity index is 2.04. The monoisotopic (exact) mass is 391 g/mol. The molecule has 0 aliphatic carbocycles. The molecule has 0 amide bonds. The maximum Gasteiger partial charge on any atom is 0.288 e. The van der Waals surface area contributed by atoms with Crippen LogP contribution in [0.4, 0.5) is 14.5 Å². The van der Waals surface area contributed by atoms with Crippen molar-refractivity contribution < 1.29 is 8.78 Å². The Kier molecular flexibility index (Phi) is 5.45. The number of halogens is 3. The van der Waals surface area contributed by atoms with Crippen LogP contribution in [-0.2, 0) is 6.54 Å². The first-order valence-electron chi connectivity index (χ1n) is 5.67. The summed E-state index contributed by atoms with van der Waals surface area (Å²) in [7, 11) is 0. The largest absolute Gasteiger partial charge is 0.380 e. The van der Waals surface area contributed by atoms with Gasteiger partial charge in [0.2, 0.25) is 0 Å². The Bertz CT molecular complexity index is 531. The molecule has 19 heavy (non-hydrogen) atoms. The number of hydrogen-bond donors (Lipinski definition) is 1. The third-order valence-electron chi connectivity index (χ3n) is 2.50. The normalized spacial score (nSPS) is 10.7. The van der Waals surface area contributed by atoms with Crippen LogP contribution in [0.15, 0.2) is 53.4 Å². The number of alkyl halides is 2. The highest BCUT2D eigenvalue weighted by Crippen LogP contribution is 2.31. The molecule has 0 saturated heterocycles. The molecule has 2 aromatic rings. The molecule has 5 heteroatoms. The van der Waals surface area contributed by atoms with E-state index in [1.54, 1.807) is 12.1 Å². The van der Waals surface area contributed by atoms with Crippen molar-refractivity contribution in [2.45, 2.75) is 17.2 Å². The predicted molar refractivity (Wildman–Crippen MR) is 84.8 cm³/mol. The summed E-state index contributed by atoms with van der Waals surface area (Å²) in [6, 6.07) is 15.2. The van der Waals surface area contributed by atoms with Gasteiger partial charge in [-0.2, -0.15) is 8.78 Å². The van der Waals surface area contributed by atoms with E-state index in [4.69, 9.17) is 0 Å². The lowest BCUT2D eigenvalue weighted by atomic mass is 10.2. The van der Waals surface area contributed by atoms with Gasteiger partial charge in [0, 0.05) is 20.7 Å².